The second kappa shape index (κ2) is 5.76. The van der Waals surface area contributed by atoms with Gasteiger partial charge < -0.3 is 5.73 Å². The fraction of sp³-hybridized carbons (Fsp3) is 0.182. The van der Waals surface area contributed by atoms with Crippen LogP contribution in [0.15, 0.2) is 26.9 Å². The molecule has 2 aromatic rings. The summed E-state index contributed by atoms with van der Waals surface area (Å²) < 4.78 is 40.0. The minimum absolute atomic E-state index is 0.0659. The zero-order chi connectivity index (χ0) is 14.9. The summed E-state index contributed by atoms with van der Waals surface area (Å²) in [6.07, 6.45) is 0. The Morgan fingerprint density at radius 1 is 1.50 bits per heavy atom. The maximum atomic E-state index is 13.2. The number of benzene rings is 1. The third kappa shape index (κ3) is 3.35. The fourth-order valence-electron chi connectivity index (χ4n) is 1.49. The monoisotopic (exact) mass is 379 g/mol. The predicted molar refractivity (Wildman–Crippen MR) is 79.4 cm³/mol. The summed E-state index contributed by atoms with van der Waals surface area (Å²) in [7, 11) is -3.80. The number of rotatable bonds is 4. The third-order valence-corrected chi connectivity index (χ3v) is 5.63. The molecule has 1 aromatic carbocycles. The molecular weight excluding hydrogens is 369 g/mol. The summed E-state index contributed by atoms with van der Waals surface area (Å²) in [5.41, 5.74) is 5.80. The summed E-state index contributed by atoms with van der Waals surface area (Å²) in [4.78, 5) is 4.05. The lowest BCUT2D eigenvalue weighted by Crippen LogP contribution is -2.24. The molecule has 0 bridgehead atoms. The molecule has 1 heterocycles. The number of hydrogen-bond donors (Lipinski definition) is 2. The Bertz CT molecular complexity index is 746. The van der Waals surface area contributed by atoms with Crippen LogP contribution in [0.4, 0.5) is 10.1 Å². The van der Waals surface area contributed by atoms with Crippen molar-refractivity contribution in [3.05, 3.63) is 38.5 Å². The summed E-state index contributed by atoms with van der Waals surface area (Å²) >= 11 is 4.45. The number of aromatic nitrogens is 1. The van der Waals surface area contributed by atoms with Crippen molar-refractivity contribution in [3.63, 3.8) is 0 Å². The van der Waals surface area contributed by atoms with Gasteiger partial charge in [-0.1, -0.05) is 0 Å². The van der Waals surface area contributed by atoms with E-state index in [1.807, 2.05) is 6.92 Å². The minimum atomic E-state index is -3.80. The molecule has 0 unspecified atom stereocenters. The maximum Gasteiger partial charge on any atom is 0.242 e. The number of thiazole rings is 1. The van der Waals surface area contributed by atoms with Crippen LogP contribution in [0.3, 0.4) is 0 Å². The lowest BCUT2D eigenvalue weighted by molar-refractivity contribution is 0.579. The first-order chi connectivity index (χ1) is 9.29. The standard InChI is InChI=1S/C11H11BrFN3O2S2/c1-6-16-7(5-19-6)4-15-20(17,18)11-3-10(14)9(13)2-8(11)12/h2-3,5,15H,4,14H2,1H3. The molecular formula is C11H11BrFN3O2S2. The number of nitrogens with two attached hydrogens (primary N) is 1. The lowest BCUT2D eigenvalue weighted by Gasteiger charge is -2.09. The van der Waals surface area contributed by atoms with Crippen molar-refractivity contribution in [2.24, 2.45) is 0 Å². The van der Waals surface area contributed by atoms with Crippen LogP contribution in [0.2, 0.25) is 0 Å². The van der Waals surface area contributed by atoms with Crippen molar-refractivity contribution in [1.29, 1.82) is 0 Å². The maximum absolute atomic E-state index is 13.2. The zero-order valence-corrected chi connectivity index (χ0v) is 13.6. The van der Waals surface area contributed by atoms with Crippen LogP contribution in [-0.4, -0.2) is 13.4 Å². The van der Waals surface area contributed by atoms with Gasteiger partial charge in [0, 0.05) is 9.85 Å². The molecule has 0 fully saturated rings. The molecule has 0 amide bonds. The highest BCUT2D eigenvalue weighted by Crippen LogP contribution is 2.26. The minimum Gasteiger partial charge on any atom is -0.396 e. The Kier molecular flexibility index (Phi) is 4.43. The summed E-state index contributed by atoms with van der Waals surface area (Å²) in [6.45, 7) is 1.90. The quantitative estimate of drug-likeness (QED) is 0.798. The van der Waals surface area contributed by atoms with Crippen LogP contribution in [0.1, 0.15) is 10.7 Å². The molecule has 0 aliphatic carbocycles. The van der Waals surface area contributed by atoms with Gasteiger partial charge >= 0.3 is 0 Å². The second-order valence-electron chi connectivity index (χ2n) is 3.99. The Balaban J connectivity index is 2.24. The van der Waals surface area contributed by atoms with Gasteiger partial charge in [-0.15, -0.1) is 11.3 Å². The molecule has 9 heteroatoms. The molecule has 1 aromatic heterocycles. The van der Waals surface area contributed by atoms with Crippen molar-refractivity contribution in [2.45, 2.75) is 18.4 Å². The van der Waals surface area contributed by atoms with Gasteiger partial charge in [0.1, 0.15) is 5.82 Å². The van der Waals surface area contributed by atoms with Crippen LogP contribution < -0.4 is 10.5 Å². The van der Waals surface area contributed by atoms with E-state index in [-0.39, 0.29) is 21.6 Å². The van der Waals surface area contributed by atoms with E-state index in [1.54, 1.807) is 5.38 Å². The number of nitrogens with one attached hydrogen (secondary N) is 1. The highest BCUT2D eigenvalue weighted by molar-refractivity contribution is 9.10. The smallest absolute Gasteiger partial charge is 0.242 e. The van der Waals surface area contributed by atoms with E-state index in [4.69, 9.17) is 5.73 Å². The highest BCUT2D eigenvalue weighted by Gasteiger charge is 2.20. The summed E-state index contributed by atoms with van der Waals surface area (Å²) in [6, 6.07) is 2.10. The van der Waals surface area contributed by atoms with Gasteiger partial charge in [-0.05, 0) is 35.0 Å². The molecule has 3 N–H and O–H groups in total. The first kappa shape index (κ1) is 15.4. The Hall–Kier alpha value is -1.03. The summed E-state index contributed by atoms with van der Waals surface area (Å²) in [5, 5.41) is 2.62. The highest BCUT2D eigenvalue weighted by atomic mass is 79.9. The SMILES string of the molecule is Cc1nc(CNS(=O)(=O)c2cc(N)c(F)cc2Br)cs1. The number of hydrogen-bond acceptors (Lipinski definition) is 5. The van der Waals surface area contributed by atoms with E-state index in [0.717, 1.165) is 17.1 Å². The van der Waals surface area contributed by atoms with Crippen molar-refractivity contribution < 1.29 is 12.8 Å². The van der Waals surface area contributed by atoms with Crippen molar-refractivity contribution in [2.75, 3.05) is 5.73 Å². The van der Waals surface area contributed by atoms with E-state index < -0.39 is 15.8 Å². The molecule has 108 valence electrons. The Labute approximate surface area is 128 Å². The van der Waals surface area contributed by atoms with E-state index in [1.165, 1.54) is 11.3 Å². The van der Waals surface area contributed by atoms with Gasteiger partial charge in [-0.25, -0.2) is 22.5 Å². The van der Waals surface area contributed by atoms with E-state index in [2.05, 4.69) is 25.6 Å². The number of nitrogens with zero attached hydrogens (tertiary/aromatic N) is 1. The van der Waals surface area contributed by atoms with Crippen LogP contribution in [-0.2, 0) is 16.6 Å². The number of nitrogen functional groups attached to an aromatic ring is 1. The van der Waals surface area contributed by atoms with Gasteiger partial charge in [0.15, 0.2) is 0 Å². The van der Waals surface area contributed by atoms with E-state index in [9.17, 15) is 12.8 Å². The van der Waals surface area contributed by atoms with Gasteiger partial charge in [0.25, 0.3) is 0 Å². The third-order valence-electron chi connectivity index (χ3n) is 2.45. The van der Waals surface area contributed by atoms with E-state index in [0.29, 0.717) is 5.69 Å². The molecule has 0 aliphatic heterocycles. The van der Waals surface area contributed by atoms with Crippen molar-refractivity contribution in [1.82, 2.24) is 9.71 Å². The van der Waals surface area contributed by atoms with Gasteiger partial charge in [-0.2, -0.15) is 0 Å². The largest absolute Gasteiger partial charge is 0.396 e. The van der Waals surface area contributed by atoms with Crippen LogP contribution in [0.5, 0.6) is 0 Å². The molecule has 0 spiro atoms. The average molecular weight is 380 g/mol. The molecule has 5 nitrogen and oxygen atoms in total. The average Bonchev–Trinajstić information content (AvgIpc) is 2.77. The Morgan fingerprint density at radius 2 is 2.20 bits per heavy atom. The molecule has 0 radical (unpaired) electrons. The molecule has 20 heavy (non-hydrogen) atoms. The number of aryl methyl sites for hydroxylation is 1. The molecule has 0 saturated heterocycles. The van der Waals surface area contributed by atoms with Gasteiger partial charge in [-0.3, -0.25) is 0 Å². The topological polar surface area (TPSA) is 85.1 Å². The van der Waals surface area contributed by atoms with E-state index >= 15 is 0 Å². The predicted octanol–water partition coefficient (Wildman–Crippen LogP) is 2.41. The number of sulfonamides is 1. The number of anilines is 1. The molecule has 0 atom stereocenters. The van der Waals surface area contributed by atoms with Crippen LogP contribution in [0, 0.1) is 12.7 Å². The molecule has 0 aliphatic rings. The van der Waals surface area contributed by atoms with Crippen molar-refractivity contribution in [3.8, 4) is 0 Å². The van der Waals surface area contributed by atoms with Crippen molar-refractivity contribution >= 4 is 43.0 Å². The fourth-order valence-corrected chi connectivity index (χ4v) is 4.15. The Morgan fingerprint density at radius 3 is 2.80 bits per heavy atom. The molecule has 0 saturated carbocycles. The number of halogens is 2. The van der Waals surface area contributed by atoms with Gasteiger partial charge in [0.05, 0.1) is 27.8 Å². The normalized spacial score (nSPS) is 11.8. The lowest BCUT2D eigenvalue weighted by atomic mass is 10.3. The second-order valence-corrected chi connectivity index (χ2v) is 7.64. The first-order valence-corrected chi connectivity index (χ1v) is 8.60. The van der Waals surface area contributed by atoms with Crippen LogP contribution in [0.25, 0.3) is 0 Å². The van der Waals surface area contributed by atoms with Gasteiger partial charge in [0.2, 0.25) is 10.0 Å². The summed E-state index contributed by atoms with van der Waals surface area (Å²) in [5.74, 6) is -0.675. The first-order valence-electron chi connectivity index (χ1n) is 5.45. The van der Waals surface area contributed by atoms with Crippen LogP contribution >= 0.6 is 27.3 Å². The zero-order valence-electron chi connectivity index (χ0n) is 10.4. The molecule has 2 rings (SSSR count).